The van der Waals surface area contributed by atoms with Gasteiger partial charge in [0.25, 0.3) is 0 Å². The van der Waals surface area contributed by atoms with Gasteiger partial charge in [-0.25, -0.2) is 0 Å². The lowest BCUT2D eigenvalue weighted by atomic mass is 9.97. The minimum absolute atomic E-state index is 0.0148. The Hall–Kier alpha value is -1.35. The number of carbonyl (C=O) groups excluding carboxylic acids is 1. The van der Waals surface area contributed by atoms with Crippen molar-refractivity contribution in [2.24, 2.45) is 0 Å². The molecule has 0 aliphatic carbocycles. The number of para-hydroxylation sites is 1. The monoisotopic (exact) mass is 232 g/mol. The average molecular weight is 232 g/mol. The third-order valence-electron chi connectivity index (χ3n) is 3.37. The highest BCUT2D eigenvalue weighted by atomic mass is 16.1. The van der Waals surface area contributed by atoms with E-state index >= 15 is 0 Å². The van der Waals surface area contributed by atoms with Gasteiger partial charge in [-0.1, -0.05) is 18.2 Å². The highest BCUT2D eigenvalue weighted by Gasteiger charge is 2.40. The summed E-state index contributed by atoms with van der Waals surface area (Å²) in [6, 6.07) is 7.50. The molecule has 0 saturated carbocycles. The number of likely N-dealkylation sites (tertiary alicyclic amines) is 1. The van der Waals surface area contributed by atoms with Gasteiger partial charge in [0.2, 0.25) is 0 Å². The molecule has 1 atom stereocenters. The Balaban J connectivity index is 2.42. The first-order valence-corrected chi connectivity index (χ1v) is 6.05. The van der Waals surface area contributed by atoms with E-state index in [9.17, 15) is 4.79 Å². The number of anilines is 1. The Bertz CT molecular complexity index is 434. The Morgan fingerprint density at radius 2 is 1.94 bits per heavy atom. The van der Waals surface area contributed by atoms with Crippen LogP contribution in [-0.2, 0) is 4.79 Å². The summed E-state index contributed by atoms with van der Waals surface area (Å²) in [6.45, 7) is 7.23. The van der Waals surface area contributed by atoms with Gasteiger partial charge in [0, 0.05) is 24.2 Å². The topological polar surface area (TPSA) is 46.3 Å². The van der Waals surface area contributed by atoms with E-state index in [0.717, 1.165) is 12.1 Å². The molecular weight excluding hydrogens is 212 g/mol. The molecule has 1 aromatic carbocycles. The van der Waals surface area contributed by atoms with Crippen molar-refractivity contribution in [2.75, 3.05) is 12.3 Å². The maximum atomic E-state index is 12.1. The van der Waals surface area contributed by atoms with Crippen molar-refractivity contribution in [1.29, 1.82) is 0 Å². The van der Waals surface area contributed by atoms with E-state index in [1.165, 1.54) is 0 Å². The lowest BCUT2D eigenvalue weighted by Crippen LogP contribution is -2.41. The fraction of sp³-hybridized carbons (Fsp3) is 0.500. The van der Waals surface area contributed by atoms with Crippen LogP contribution in [0.2, 0.25) is 0 Å². The second kappa shape index (κ2) is 4.15. The molecule has 0 bridgehead atoms. The summed E-state index contributed by atoms with van der Waals surface area (Å²) in [6.07, 6.45) is 0.621. The Morgan fingerprint density at radius 3 is 2.53 bits per heavy atom. The number of nitrogens with two attached hydrogens (primary N) is 1. The normalized spacial score (nSPS) is 22.1. The van der Waals surface area contributed by atoms with Crippen LogP contribution in [0.1, 0.15) is 38.8 Å². The molecule has 3 nitrogen and oxygen atoms in total. The second-order valence-electron chi connectivity index (χ2n) is 5.61. The van der Waals surface area contributed by atoms with Gasteiger partial charge >= 0.3 is 0 Å². The number of benzene rings is 1. The molecule has 1 unspecified atom stereocenters. The molecule has 1 aliphatic heterocycles. The molecule has 3 heteroatoms. The van der Waals surface area contributed by atoms with Crippen LogP contribution in [0.15, 0.2) is 24.3 Å². The molecule has 2 N–H and O–H groups in total. The smallest absolute Gasteiger partial charge is 0.155 e. The zero-order valence-electron chi connectivity index (χ0n) is 10.7. The largest absolute Gasteiger partial charge is 0.398 e. The first-order chi connectivity index (χ1) is 7.91. The van der Waals surface area contributed by atoms with Crippen LogP contribution in [0.4, 0.5) is 5.69 Å². The van der Waals surface area contributed by atoms with Crippen LogP contribution in [0, 0.1) is 0 Å². The molecule has 1 aromatic rings. The van der Waals surface area contributed by atoms with Crippen molar-refractivity contribution in [3.8, 4) is 0 Å². The van der Waals surface area contributed by atoms with Crippen LogP contribution in [-0.4, -0.2) is 22.8 Å². The molecule has 1 heterocycles. The van der Waals surface area contributed by atoms with E-state index in [-0.39, 0.29) is 17.4 Å². The number of carbonyl (C=O) groups is 1. The van der Waals surface area contributed by atoms with Crippen molar-refractivity contribution in [1.82, 2.24) is 4.90 Å². The van der Waals surface area contributed by atoms with Gasteiger partial charge in [0.05, 0.1) is 6.04 Å². The quantitative estimate of drug-likeness (QED) is 0.756. The summed E-state index contributed by atoms with van der Waals surface area (Å²) >= 11 is 0. The van der Waals surface area contributed by atoms with Gasteiger partial charge in [0.1, 0.15) is 0 Å². The molecular formula is C14H20N2O. The van der Waals surface area contributed by atoms with Gasteiger partial charge in [-0.05, 0) is 32.4 Å². The van der Waals surface area contributed by atoms with E-state index in [1.54, 1.807) is 0 Å². The molecule has 0 amide bonds. The maximum absolute atomic E-state index is 12.1. The van der Waals surface area contributed by atoms with Gasteiger partial charge in [-0.2, -0.15) is 0 Å². The number of nitrogens with zero attached hydrogens (tertiary/aromatic N) is 1. The minimum Gasteiger partial charge on any atom is -0.398 e. The van der Waals surface area contributed by atoms with Gasteiger partial charge in [0.15, 0.2) is 5.78 Å². The molecule has 17 heavy (non-hydrogen) atoms. The number of hydrogen-bond acceptors (Lipinski definition) is 3. The first-order valence-electron chi connectivity index (χ1n) is 6.05. The molecule has 1 aliphatic rings. The van der Waals surface area contributed by atoms with Gasteiger partial charge in [-0.3, -0.25) is 9.69 Å². The number of rotatable bonds is 1. The minimum atomic E-state index is -0.170. The van der Waals surface area contributed by atoms with Crippen molar-refractivity contribution < 1.29 is 4.79 Å². The van der Waals surface area contributed by atoms with Crippen molar-refractivity contribution in [3.63, 3.8) is 0 Å². The standard InChI is InChI=1S/C14H20N2O/c1-14(2,3)16-9-8-12(17)13(16)10-6-4-5-7-11(10)15/h4-7,13H,8-9,15H2,1-3H3. The molecule has 0 spiro atoms. The number of hydrogen-bond donors (Lipinski definition) is 1. The van der Waals surface area contributed by atoms with Crippen molar-refractivity contribution in [3.05, 3.63) is 29.8 Å². The molecule has 0 aromatic heterocycles. The number of Topliss-reactive ketones (excluding diaryl/α,β-unsaturated/α-hetero) is 1. The van der Waals surface area contributed by atoms with Crippen LogP contribution in [0.5, 0.6) is 0 Å². The van der Waals surface area contributed by atoms with Gasteiger partial charge < -0.3 is 5.73 Å². The maximum Gasteiger partial charge on any atom is 0.155 e. The molecule has 2 rings (SSSR count). The summed E-state index contributed by atoms with van der Waals surface area (Å²) in [5.74, 6) is 0.276. The molecule has 1 fully saturated rings. The third-order valence-corrected chi connectivity index (χ3v) is 3.37. The summed E-state index contributed by atoms with van der Waals surface area (Å²) in [4.78, 5) is 14.3. The average Bonchev–Trinajstić information content (AvgIpc) is 2.60. The number of nitrogen functional groups attached to an aromatic ring is 1. The summed E-state index contributed by atoms with van der Waals surface area (Å²) in [5.41, 5.74) is 7.63. The summed E-state index contributed by atoms with van der Waals surface area (Å²) < 4.78 is 0. The predicted octanol–water partition coefficient (Wildman–Crippen LogP) is 2.38. The van der Waals surface area contributed by atoms with Crippen molar-refractivity contribution in [2.45, 2.75) is 38.8 Å². The van der Waals surface area contributed by atoms with E-state index in [4.69, 9.17) is 5.73 Å². The van der Waals surface area contributed by atoms with Crippen LogP contribution < -0.4 is 5.73 Å². The second-order valence-corrected chi connectivity index (χ2v) is 5.61. The summed E-state index contributed by atoms with van der Waals surface area (Å²) in [5, 5.41) is 0. The molecule has 92 valence electrons. The Morgan fingerprint density at radius 1 is 1.29 bits per heavy atom. The van der Waals surface area contributed by atoms with Gasteiger partial charge in [-0.15, -0.1) is 0 Å². The fourth-order valence-corrected chi connectivity index (χ4v) is 2.49. The molecule has 0 radical (unpaired) electrons. The Kier molecular flexibility index (Phi) is 2.96. The van der Waals surface area contributed by atoms with E-state index in [2.05, 4.69) is 25.7 Å². The predicted molar refractivity (Wildman–Crippen MR) is 69.7 cm³/mol. The fourth-order valence-electron chi connectivity index (χ4n) is 2.49. The number of ketones is 1. The van der Waals surface area contributed by atoms with E-state index in [1.807, 2.05) is 24.3 Å². The highest BCUT2D eigenvalue weighted by molar-refractivity contribution is 5.89. The third kappa shape index (κ3) is 2.20. The van der Waals surface area contributed by atoms with Crippen molar-refractivity contribution >= 4 is 11.5 Å². The Labute approximate surface area is 103 Å². The van der Waals surface area contributed by atoms with Crippen LogP contribution in [0.3, 0.4) is 0 Å². The van der Waals surface area contributed by atoms with E-state index in [0.29, 0.717) is 12.1 Å². The van der Waals surface area contributed by atoms with Crippen LogP contribution in [0.25, 0.3) is 0 Å². The lowest BCUT2D eigenvalue weighted by molar-refractivity contribution is -0.120. The first kappa shape index (κ1) is 12.1. The van der Waals surface area contributed by atoms with E-state index < -0.39 is 0 Å². The molecule has 1 saturated heterocycles. The summed E-state index contributed by atoms with van der Waals surface area (Å²) in [7, 11) is 0. The highest BCUT2D eigenvalue weighted by Crippen LogP contribution is 2.36. The van der Waals surface area contributed by atoms with Crippen LogP contribution >= 0.6 is 0 Å². The lowest BCUT2D eigenvalue weighted by Gasteiger charge is -2.36. The zero-order valence-corrected chi connectivity index (χ0v) is 10.7. The zero-order chi connectivity index (χ0) is 12.6. The SMILES string of the molecule is CC(C)(C)N1CCC(=O)C1c1ccccc1N.